The predicted molar refractivity (Wildman–Crippen MR) is 90.2 cm³/mol. The van der Waals surface area contributed by atoms with Gasteiger partial charge in [-0.15, -0.1) is 11.3 Å². The third-order valence-electron chi connectivity index (χ3n) is 3.69. The zero-order chi connectivity index (χ0) is 15.5. The summed E-state index contributed by atoms with van der Waals surface area (Å²) in [5.41, 5.74) is 0.752. The Labute approximate surface area is 133 Å². The van der Waals surface area contributed by atoms with Crippen molar-refractivity contribution in [1.29, 1.82) is 0 Å². The molecule has 0 fully saturated rings. The maximum absolute atomic E-state index is 11.9. The molecule has 0 aliphatic carbocycles. The minimum Gasteiger partial charge on any atom is -0.508 e. The highest BCUT2D eigenvalue weighted by Gasteiger charge is 2.22. The summed E-state index contributed by atoms with van der Waals surface area (Å²) < 4.78 is 0. The molecule has 22 heavy (non-hydrogen) atoms. The van der Waals surface area contributed by atoms with Crippen molar-refractivity contribution >= 4 is 28.0 Å². The summed E-state index contributed by atoms with van der Waals surface area (Å²) >= 11 is 1.57. The summed E-state index contributed by atoms with van der Waals surface area (Å²) in [5.74, 6) is 0.166. The van der Waals surface area contributed by atoms with Crippen LogP contribution < -0.4 is 5.32 Å². The van der Waals surface area contributed by atoms with Gasteiger partial charge in [-0.05, 0) is 28.3 Å². The number of hydrogen-bond donors (Lipinski definition) is 2. The lowest BCUT2D eigenvalue weighted by Crippen LogP contribution is -2.28. The smallest absolute Gasteiger partial charge is 0.220 e. The van der Waals surface area contributed by atoms with Crippen LogP contribution in [0.3, 0.4) is 0 Å². The number of aromatic hydroxyl groups is 1. The first-order valence-corrected chi connectivity index (χ1v) is 8.12. The maximum atomic E-state index is 11.9. The van der Waals surface area contributed by atoms with E-state index in [1.807, 2.05) is 54.8 Å². The van der Waals surface area contributed by atoms with E-state index >= 15 is 0 Å². The van der Waals surface area contributed by atoms with Gasteiger partial charge in [-0.25, -0.2) is 0 Å². The van der Waals surface area contributed by atoms with Crippen molar-refractivity contribution in [2.24, 2.45) is 0 Å². The van der Waals surface area contributed by atoms with Crippen LogP contribution in [0.25, 0.3) is 10.8 Å². The molecule has 112 valence electrons. The van der Waals surface area contributed by atoms with Crippen molar-refractivity contribution in [2.45, 2.75) is 19.4 Å². The molecule has 2 aromatic carbocycles. The topological polar surface area (TPSA) is 49.3 Å². The highest BCUT2D eigenvalue weighted by atomic mass is 32.1. The van der Waals surface area contributed by atoms with E-state index in [-0.39, 0.29) is 17.7 Å². The fourth-order valence-electron chi connectivity index (χ4n) is 2.59. The first-order chi connectivity index (χ1) is 10.7. The Morgan fingerprint density at radius 2 is 2.00 bits per heavy atom. The molecule has 0 aliphatic heterocycles. The molecule has 0 unspecified atom stereocenters. The van der Waals surface area contributed by atoms with Crippen molar-refractivity contribution in [3.8, 4) is 5.75 Å². The van der Waals surface area contributed by atoms with E-state index < -0.39 is 0 Å². The van der Waals surface area contributed by atoms with Crippen molar-refractivity contribution in [3.63, 3.8) is 0 Å². The van der Waals surface area contributed by atoms with Gasteiger partial charge in [-0.1, -0.05) is 43.3 Å². The van der Waals surface area contributed by atoms with Gasteiger partial charge in [0, 0.05) is 16.9 Å². The zero-order valence-corrected chi connectivity index (χ0v) is 13.1. The molecule has 0 aliphatic rings. The average Bonchev–Trinajstić information content (AvgIpc) is 3.07. The number of thiophene rings is 1. The summed E-state index contributed by atoms with van der Waals surface area (Å²) in [6.07, 6.45) is 0.410. The summed E-state index contributed by atoms with van der Waals surface area (Å²) in [7, 11) is 0. The Bertz CT molecular complexity index is 796. The van der Waals surface area contributed by atoms with Gasteiger partial charge >= 0.3 is 0 Å². The molecule has 0 spiro atoms. The lowest BCUT2D eigenvalue weighted by atomic mass is 9.96. The van der Waals surface area contributed by atoms with E-state index in [0.29, 0.717) is 6.42 Å². The van der Waals surface area contributed by atoms with E-state index in [1.165, 1.54) is 0 Å². The highest BCUT2D eigenvalue weighted by molar-refractivity contribution is 7.10. The Kier molecular flexibility index (Phi) is 4.11. The summed E-state index contributed by atoms with van der Waals surface area (Å²) in [6, 6.07) is 15.1. The van der Waals surface area contributed by atoms with E-state index in [4.69, 9.17) is 0 Å². The molecule has 1 amide bonds. The van der Waals surface area contributed by atoms with Crippen molar-refractivity contribution < 1.29 is 9.90 Å². The van der Waals surface area contributed by atoms with Gasteiger partial charge in [0.2, 0.25) is 5.91 Å². The second-order valence-electron chi connectivity index (χ2n) is 5.09. The van der Waals surface area contributed by atoms with Gasteiger partial charge in [-0.2, -0.15) is 0 Å². The number of amides is 1. The average molecular weight is 311 g/mol. The van der Waals surface area contributed by atoms with Crippen LogP contribution in [0, 0.1) is 0 Å². The quantitative estimate of drug-likeness (QED) is 0.758. The van der Waals surface area contributed by atoms with Gasteiger partial charge in [0.1, 0.15) is 5.75 Å². The number of benzene rings is 2. The fraction of sp³-hybridized carbons (Fsp3) is 0.167. The van der Waals surface area contributed by atoms with Crippen LogP contribution in [-0.2, 0) is 4.79 Å². The Balaban J connectivity index is 2.19. The molecule has 0 saturated carbocycles. The molecule has 1 heterocycles. The molecule has 1 atom stereocenters. The first kappa shape index (κ1) is 14.6. The molecular formula is C18H17NO2S. The first-order valence-electron chi connectivity index (χ1n) is 7.24. The summed E-state index contributed by atoms with van der Waals surface area (Å²) in [5, 5.41) is 17.4. The number of nitrogens with one attached hydrogen (secondary N) is 1. The third kappa shape index (κ3) is 2.70. The number of carbonyl (C=O) groups is 1. The summed E-state index contributed by atoms with van der Waals surface area (Å²) in [6.45, 7) is 1.82. The van der Waals surface area contributed by atoms with Crippen LogP contribution in [0.15, 0.2) is 53.9 Å². The molecule has 1 aromatic heterocycles. The number of phenolic OH excluding ortho intramolecular Hbond substituents is 1. The predicted octanol–water partition coefficient (Wildman–Crippen LogP) is 4.22. The number of fused-ring (bicyclic) bond motifs is 1. The van der Waals surface area contributed by atoms with Crippen LogP contribution in [-0.4, -0.2) is 11.0 Å². The monoisotopic (exact) mass is 311 g/mol. The van der Waals surface area contributed by atoms with Gasteiger partial charge in [0.05, 0.1) is 6.04 Å². The maximum Gasteiger partial charge on any atom is 0.220 e. The largest absolute Gasteiger partial charge is 0.508 e. The standard InChI is InChI=1S/C18H17NO2S/c1-2-16(21)19-18(15-8-5-11-22-15)17-13-7-4-3-6-12(13)9-10-14(17)20/h3-11,18,20H,2H2,1H3,(H,19,21)/t18-/m1/s1. The van der Waals surface area contributed by atoms with Crippen molar-refractivity contribution in [3.05, 3.63) is 64.4 Å². The lowest BCUT2D eigenvalue weighted by molar-refractivity contribution is -0.121. The van der Waals surface area contributed by atoms with Gasteiger partial charge in [0.15, 0.2) is 0 Å². The molecule has 3 rings (SSSR count). The number of hydrogen-bond acceptors (Lipinski definition) is 3. The molecule has 0 bridgehead atoms. The Hall–Kier alpha value is -2.33. The van der Waals surface area contributed by atoms with E-state index in [2.05, 4.69) is 5.32 Å². The number of rotatable bonds is 4. The van der Waals surface area contributed by atoms with E-state index in [0.717, 1.165) is 21.2 Å². The van der Waals surface area contributed by atoms with E-state index in [1.54, 1.807) is 17.4 Å². The highest BCUT2D eigenvalue weighted by Crippen LogP contribution is 2.37. The van der Waals surface area contributed by atoms with Crippen LogP contribution in [0.2, 0.25) is 0 Å². The molecule has 4 heteroatoms. The number of carbonyl (C=O) groups excluding carboxylic acids is 1. The van der Waals surface area contributed by atoms with Crippen molar-refractivity contribution in [1.82, 2.24) is 5.32 Å². The zero-order valence-electron chi connectivity index (χ0n) is 12.2. The van der Waals surface area contributed by atoms with Crippen LogP contribution in [0.4, 0.5) is 0 Å². The normalized spacial score (nSPS) is 12.2. The summed E-state index contributed by atoms with van der Waals surface area (Å²) in [4.78, 5) is 13.0. The minimum absolute atomic E-state index is 0.0364. The van der Waals surface area contributed by atoms with Gasteiger partial charge < -0.3 is 10.4 Å². The SMILES string of the molecule is CCC(=O)N[C@H](c1cccs1)c1c(O)ccc2ccccc12. The Morgan fingerprint density at radius 3 is 2.73 bits per heavy atom. The van der Waals surface area contributed by atoms with Gasteiger partial charge in [0.25, 0.3) is 0 Å². The minimum atomic E-state index is -0.335. The molecule has 0 radical (unpaired) electrons. The second kappa shape index (κ2) is 6.20. The lowest BCUT2D eigenvalue weighted by Gasteiger charge is -2.21. The van der Waals surface area contributed by atoms with Crippen molar-refractivity contribution in [2.75, 3.05) is 0 Å². The third-order valence-corrected chi connectivity index (χ3v) is 4.63. The molecule has 3 nitrogen and oxygen atoms in total. The molecule has 2 N–H and O–H groups in total. The second-order valence-corrected chi connectivity index (χ2v) is 6.07. The fourth-order valence-corrected chi connectivity index (χ4v) is 3.38. The van der Waals surface area contributed by atoms with Crippen LogP contribution >= 0.6 is 11.3 Å². The van der Waals surface area contributed by atoms with Crippen LogP contribution in [0.1, 0.15) is 29.8 Å². The van der Waals surface area contributed by atoms with Gasteiger partial charge in [-0.3, -0.25) is 4.79 Å². The number of phenols is 1. The molecule has 3 aromatic rings. The molecular weight excluding hydrogens is 294 g/mol. The molecule has 0 saturated heterocycles. The van der Waals surface area contributed by atoms with Crippen LogP contribution in [0.5, 0.6) is 5.75 Å². The Morgan fingerprint density at radius 1 is 1.18 bits per heavy atom. The van der Waals surface area contributed by atoms with E-state index in [9.17, 15) is 9.90 Å².